The smallest absolute Gasteiger partial charge is 0.166 e. The van der Waals surface area contributed by atoms with Crippen LogP contribution in [0.15, 0.2) is 42.6 Å². The summed E-state index contributed by atoms with van der Waals surface area (Å²) in [6.07, 6.45) is 1.75. The molecule has 1 N–H and O–H groups in total. The summed E-state index contributed by atoms with van der Waals surface area (Å²) in [4.78, 5) is 3.04. The van der Waals surface area contributed by atoms with Gasteiger partial charge in [-0.05, 0) is 24.3 Å². The van der Waals surface area contributed by atoms with E-state index in [0.717, 1.165) is 17.0 Å². The van der Waals surface area contributed by atoms with E-state index in [2.05, 4.69) is 4.98 Å². The number of methoxy groups -OCH3 is 1. The van der Waals surface area contributed by atoms with Crippen molar-refractivity contribution in [1.82, 2.24) is 4.98 Å². The molecule has 3 aromatic rings. The molecule has 4 heteroatoms. The molecule has 0 amide bonds. The lowest BCUT2D eigenvalue weighted by atomic mass is 10.00. The molecule has 0 bridgehead atoms. The minimum absolute atomic E-state index is 0.196. The van der Waals surface area contributed by atoms with Crippen molar-refractivity contribution in [3.63, 3.8) is 0 Å². The summed E-state index contributed by atoms with van der Waals surface area (Å²) in [5, 5.41) is 0.795. The molecule has 2 aromatic carbocycles. The van der Waals surface area contributed by atoms with Gasteiger partial charge < -0.3 is 9.72 Å². The van der Waals surface area contributed by atoms with Crippen molar-refractivity contribution in [3.8, 4) is 16.9 Å². The van der Waals surface area contributed by atoms with Crippen molar-refractivity contribution in [2.45, 2.75) is 0 Å². The number of hydrogen-bond donors (Lipinski definition) is 1. The van der Waals surface area contributed by atoms with Gasteiger partial charge in [-0.3, -0.25) is 0 Å². The normalized spacial score (nSPS) is 10.9. The van der Waals surface area contributed by atoms with Gasteiger partial charge >= 0.3 is 0 Å². The first-order valence-electron chi connectivity index (χ1n) is 5.81. The van der Waals surface area contributed by atoms with Crippen LogP contribution in [0.1, 0.15) is 0 Å². The lowest BCUT2D eigenvalue weighted by Crippen LogP contribution is -1.93. The third-order valence-electron chi connectivity index (χ3n) is 3.14. The molecule has 0 saturated carbocycles. The van der Waals surface area contributed by atoms with Crippen molar-refractivity contribution in [2.75, 3.05) is 7.11 Å². The van der Waals surface area contributed by atoms with Gasteiger partial charge in [-0.25, -0.2) is 8.78 Å². The number of ether oxygens (including phenoxy) is 1. The van der Waals surface area contributed by atoms with E-state index in [9.17, 15) is 8.78 Å². The van der Waals surface area contributed by atoms with Gasteiger partial charge in [-0.1, -0.05) is 12.1 Å². The van der Waals surface area contributed by atoms with Gasteiger partial charge in [-0.2, -0.15) is 0 Å². The quantitative estimate of drug-likeness (QED) is 0.735. The summed E-state index contributed by atoms with van der Waals surface area (Å²) in [5.41, 5.74) is 1.60. The van der Waals surface area contributed by atoms with Crippen LogP contribution in [0.2, 0.25) is 0 Å². The second-order valence-corrected chi connectivity index (χ2v) is 4.18. The highest BCUT2D eigenvalue weighted by Gasteiger charge is 2.17. The molecule has 0 saturated heterocycles. The van der Waals surface area contributed by atoms with Crippen LogP contribution >= 0.6 is 0 Å². The Morgan fingerprint density at radius 3 is 2.68 bits per heavy atom. The number of benzene rings is 2. The van der Waals surface area contributed by atoms with Gasteiger partial charge in [-0.15, -0.1) is 0 Å². The van der Waals surface area contributed by atoms with Crippen LogP contribution in [0.3, 0.4) is 0 Å². The van der Waals surface area contributed by atoms with E-state index in [4.69, 9.17) is 4.74 Å². The summed E-state index contributed by atoms with van der Waals surface area (Å²) in [6, 6.07) is 9.52. The van der Waals surface area contributed by atoms with Gasteiger partial charge in [0.05, 0.1) is 7.11 Å². The number of hydrogen-bond acceptors (Lipinski definition) is 1. The number of aromatic nitrogens is 1. The monoisotopic (exact) mass is 259 g/mol. The molecule has 0 unspecified atom stereocenters. The molecule has 0 radical (unpaired) electrons. The molecule has 1 heterocycles. The average molecular weight is 259 g/mol. The third-order valence-corrected chi connectivity index (χ3v) is 3.14. The summed E-state index contributed by atoms with van der Waals surface area (Å²) in [6.45, 7) is 0. The maximum atomic E-state index is 14.0. The maximum Gasteiger partial charge on any atom is 0.166 e. The van der Waals surface area contributed by atoms with E-state index >= 15 is 0 Å². The summed E-state index contributed by atoms with van der Waals surface area (Å²) >= 11 is 0. The fourth-order valence-electron chi connectivity index (χ4n) is 2.26. The zero-order valence-electron chi connectivity index (χ0n) is 10.2. The molecule has 3 rings (SSSR count). The zero-order chi connectivity index (χ0) is 13.4. The lowest BCUT2D eigenvalue weighted by molar-refractivity contribution is 0.416. The van der Waals surface area contributed by atoms with E-state index in [1.165, 1.54) is 13.2 Å². The fourth-order valence-corrected chi connectivity index (χ4v) is 2.26. The molecule has 2 nitrogen and oxygen atoms in total. The Labute approximate surface area is 108 Å². The van der Waals surface area contributed by atoms with Gasteiger partial charge in [0, 0.05) is 28.2 Å². The Bertz CT molecular complexity index is 749. The van der Waals surface area contributed by atoms with Crippen LogP contribution in [0.25, 0.3) is 22.0 Å². The Morgan fingerprint density at radius 1 is 1.05 bits per heavy atom. The summed E-state index contributed by atoms with van der Waals surface area (Å²) < 4.78 is 32.7. The van der Waals surface area contributed by atoms with E-state index < -0.39 is 11.6 Å². The molecule has 0 aliphatic heterocycles. The molecular formula is C15H11F2NO. The SMILES string of the molecule is COc1ccc2[nH]ccc2c1-c1cccc(F)c1F. The molecule has 0 fully saturated rings. The van der Waals surface area contributed by atoms with Gasteiger partial charge in [0.2, 0.25) is 0 Å². The highest BCUT2D eigenvalue weighted by Crippen LogP contribution is 2.38. The van der Waals surface area contributed by atoms with Crippen molar-refractivity contribution < 1.29 is 13.5 Å². The number of halogens is 2. The van der Waals surface area contributed by atoms with Crippen LogP contribution in [0.5, 0.6) is 5.75 Å². The summed E-state index contributed by atoms with van der Waals surface area (Å²) in [7, 11) is 1.51. The van der Waals surface area contributed by atoms with Crippen molar-refractivity contribution in [1.29, 1.82) is 0 Å². The first-order valence-corrected chi connectivity index (χ1v) is 5.81. The highest BCUT2D eigenvalue weighted by molar-refractivity contribution is 5.98. The van der Waals surface area contributed by atoms with Crippen LogP contribution in [-0.2, 0) is 0 Å². The first-order chi connectivity index (χ1) is 9.22. The molecule has 0 aliphatic carbocycles. The lowest BCUT2D eigenvalue weighted by Gasteiger charge is -2.11. The number of H-pyrrole nitrogens is 1. The summed E-state index contributed by atoms with van der Waals surface area (Å²) in [5.74, 6) is -1.22. The van der Waals surface area contributed by atoms with E-state index in [-0.39, 0.29) is 5.56 Å². The zero-order valence-corrected chi connectivity index (χ0v) is 10.2. The van der Waals surface area contributed by atoms with Gasteiger partial charge in [0.15, 0.2) is 11.6 Å². The Hall–Kier alpha value is -2.36. The second-order valence-electron chi connectivity index (χ2n) is 4.18. The predicted molar refractivity (Wildman–Crippen MR) is 70.2 cm³/mol. The average Bonchev–Trinajstić information content (AvgIpc) is 2.89. The fraction of sp³-hybridized carbons (Fsp3) is 0.0667. The predicted octanol–water partition coefficient (Wildman–Crippen LogP) is 4.12. The topological polar surface area (TPSA) is 25.0 Å². The molecule has 0 aliphatic rings. The second kappa shape index (κ2) is 4.39. The molecular weight excluding hydrogens is 248 g/mol. The van der Waals surface area contributed by atoms with E-state index in [1.54, 1.807) is 18.3 Å². The van der Waals surface area contributed by atoms with Crippen LogP contribution in [0.4, 0.5) is 8.78 Å². The largest absolute Gasteiger partial charge is 0.496 e. The third kappa shape index (κ3) is 1.76. The van der Waals surface area contributed by atoms with E-state index in [1.807, 2.05) is 12.1 Å². The number of rotatable bonds is 2. The van der Waals surface area contributed by atoms with Gasteiger partial charge in [0.25, 0.3) is 0 Å². The van der Waals surface area contributed by atoms with Crippen LogP contribution in [-0.4, -0.2) is 12.1 Å². The van der Waals surface area contributed by atoms with Crippen molar-refractivity contribution >= 4 is 10.9 Å². The molecule has 19 heavy (non-hydrogen) atoms. The number of nitrogens with one attached hydrogen (secondary N) is 1. The standard InChI is InChI=1S/C15H11F2NO/c1-19-13-6-5-12-9(7-8-18-12)14(13)10-3-2-4-11(16)15(10)17/h2-8,18H,1H3. The Kier molecular flexibility index (Phi) is 2.71. The number of fused-ring (bicyclic) bond motifs is 1. The number of aromatic amines is 1. The Morgan fingerprint density at radius 2 is 1.89 bits per heavy atom. The van der Waals surface area contributed by atoms with Crippen LogP contribution in [0, 0.1) is 11.6 Å². The van der Waals surface area contributed by atoms with Crippen molar-refractivity contribution in [3.05, 3.63) is 54.2 Å². The first kappa shape index (κ1) is 11.7. The molecule has 1 aromatic heterocycles. The van der Waals surface area contributed by atoms with Gasteiger partial charge in [0.1, 0.15) is 5.75 Å². The highest BCUT2D eigenvalue weighted by atomic mass is 19.2. The molecule has 0 spiro atoms. The van der Waals surface area contributed by atoms with Crippen LogP contribution < -0.4 is 4.74 Å². The Balaban J connectivity index is 2.40. The maximum absolute atomic E-state index is 14.0. The van der Waals surface area contributed by atoms with E-state index in [0.29, 0.717) is 11.3 Å². The molecule has 0 atom stereocenters. The minimum atomic E-state index is -0.868. The minimum Gasteiger partial charge on any atom is -0.496 e. The molecule has 96 valence electrons. The van der Waals surface area contributed by atoms with Crippen molar-refractivity contribution in [2.24, 2.45) is 0 Å².